The topological polar surface area (TPSA) is 72.2 Å². The first-order valence-electron chi connectivity index (χ1n) is 11.6. The Hall–Kier alpha value is -3.16. The van der Waals surface area contributed by atoms with Crippen molar-refractivity contribution >= 4 is 16.9 Å². The monoisotopic (exact) mass is 448 g/mol. The van der Waals surface area contributed by atoms with Crippen LogP contribution in [0, 0.1) is 0 Å². The number of amides is 1. The third-order valence-electron chi connectivity index (χ3n) is 6.36. The molecular formula is C26H28N2O5. The van der Waals surface area contributed by atoms with Crippen LogP contribution in [-0.4, -0.2) is 61.7 Å². The highest BCUT2D eigenvalue weighted by Gasteiger charge is 2.42. The second-order valence-electron chi connectivity index (χ2n) is 8.38. The van der Waals surface area contributed by atoms with Crippen LogP contribution in [0.2, 0.25) is 0 Å². The number of carbonyl (C=O) groups is 1. The van der Waals surface area contributed by atoms with Crippen molar-refractivity contribution in [2.75, 3.05) is 46.0 Å². The van der Waals surface area contributed by atoms with E-state index in [0.717, 1.165) is 50.6 Å². The summed E-state index contributed by atoms with van der Waals surface area (Å²) in [4.78, 5) is 31.1. The van der Waals surface area contributed by atoms with Crippen LogP contribution < -0.4 is 10.2 Å². The van der Waals surface area contributed by atoms with Gasteiger partial charge in [0.15, 0.2) is 5.43 Å². The van der Waals surface area contributed by atoms with E-state index in [2.05, 4.69) is 4.90 Å². The molecule has 0 N–H and O–H groups in total. The highest BCUT2D eigenvalue weighted by atomic mass is 16.5. The number of hydrogen-bond acceptors (Lipinski definition) is 6. The summed E-state index contributed by atoms with van der Waals surface area (Å²) in [6.07, 6.45) is 0.807. The molecule has 0 radical (unpaired) electrons. The molecule has 172 valence electrons. The lowest BCUT2D eigenvalue weighted by atomic mass is 9.98. The Bertz CT molecular complexity index is 1200. The van der Waals surface area contributed by atoms with Crippen LogP contribution in [-0.2, 0) is 4.74 Å². The van der Waals surface area contributed by atoms with Crippen molar-refractivity contribution in [1.29, 1.82) is 0 Å². The lowest BCUT2D eigenvalue weighted by molar-refractivity contribution is 0.0353. The highest BCUT2D eigenvalue weighted by Crippen LogP contribution is 2.38. The van der Waals surface area contributed by atoms with Gasteiger partial charge >= 0.3 is 0 Å². The van der Waals surface area contributed by atoms with Crippen LogP contribution in [0.15, 0.2) is 57.7 Å². The number of rotatable bonds is 7. The van der Waals surface area contributed by atoms with Crippen LogP contribution in [0.4, 0.5) is 0 Å². The molecule has 0 saturated carbocycles. The average molecular weight is 449 g/mol. The maximum absolute atomic E-state index is 13.5. The molecule has 7 nitrogen and oxygen atoms in total. The summed E-state index contributed by atoms with van der Waals surface area (Å²) in [5, 5.41) is 0.496. The minimum absolute atomic E-state index is 0.144. The van der Waals surface area contributed by atoms with Gasteiger partial charge < -0.3 is 18.8 Å². The highest BCUT2D eigenvalue weighted by molar-refractivity contribution is 5.99. The Labute approximate surface area is 192 Å². The van der Waals surface area contributed by atoms with Gasteiger partial charge in [0.25, 0.3) is 5.91 Å². The van der Waals surface area contributed by atoms with E-state index >= 15 is 0 Å². The van der Waals surface area contributed by atoms with E-state index in [0.29, 0.717) is 29.7 Å². The molecular weight excluding hydrogens is 420 g/mol. The van der Waals surface area contributed by atoms with Crippen LogP contribution in [0.1, 0.15) is 41.1 Å². The number of carbonyl (C=O) groups excluding carboxylic acids is 1. The number of hydrogen-bond donors (Lipinski definition) is 0. The van der Waals surface area contributed by atoms with Gasteiger partial charge in [0.05, 0.1) is 36.8 Å². The molecule has 5 rings (SSSR count). The Morgan fingerprint density at radius 1 is 1.00 bits per heavy atom. The van der Waals surface area contributed by atoms with Gasteiger partial charge in [0.2, 0.25) is 5.76 Å². The predicted molar refractivity (Wildman–Crippen MR) is 125 cm³/mol. The van der Waals surface area contributed by atoms with Crippen LogP contribution in [0.3, 0.4) is 0 Å². The SMILES string of the molecule is CCOc1ccc([C@H]2c3c(oc4ccccc4c3=O)C(=O)N2CCCN2CCOCC2)cc1. The Kier molecular flexibility index (Phi) is 6.15. The molecule has 3 aromatic rings. The van der Waals surface area contributed by atoms with Crippen molar-refractivity contribution in [1.82, 2.24) is 9.80 Å². The van der Waals surface area contributed by atoms with Crippen molar-refractivity contribution in [3.05, 3.63) is 75.6 Å². The molecule has 1 saturated heterocycles. The maximum atomic E-state index is 13.5. The first kappa shape index (κ1) is 21.7. The van der Waals surface area contributed by atoms with Crippen molar-refractivity contribution in [3.63, 3.8) is 0 Å². The van der Waals surface area contributed by atoms with Gasteiger partial charge in [-0.2, -0.15) is 0 Å². The standard InChI is InChI=1S/C26H28N2O5/c1-2-32-19-10-8-18(9-11-19)23-22-24(29)20-6-3-4-7-21(20)33-25(22)26(30)28(23)13-5-12-27-14-16-31-17-15-27/h3-4,6-11,23H,2,5,12-17H2,1H3/t23-/m0/s1. The smallest absolute Gasteiger partial charge is 0.290 e. The van der Waals surface area contributed by atoms with E-state index in [4.69, 9.17) is 13.9 Å². The van der Waals surface area contributed by atoms with E-state index in [1.807, 2.05) is 37.3 Å². The minimum Gasteiger partial charge on any atom is -0.494 e. The van der Waals surface area contributed by atoms with E-state index in [-0.39, 0.29) is 17.1 Å². The summed E-state index contributed by atoms with van der Waals surface area (Å²) in [7, 11) is 0. The van der Waals surface area contributed by atoms with E-state index in [9.17, 15) is 9.59 Å². The number of para-hydroxylation sites is 1. The van der Waals surface area contributed by atoms with Gasteiger partial charge in [-0.05, 0) is 43.2 Å². The quantitative estimate of drug-likeness (QED) is 0.551. The molecule has 1 amide bonds. The molecule has 2 aromatic carbocycles. The van der Waals surface area contributed by atoms with E-state index in [1.165, 1.54) is 0 Å². The van der Waals surface area contributed by atoms with Crippen LogP contribution in [0.5, 0.6) is 5.75 Å². The second-order valence-corrected chi connectivity index (χ2v) is 8.38. The van der Waals surface area contributed by atoms with Gasteiger partial charge in [0, 0.05) is 26.2 Å². The molecule has 0 aliphatic carbocycles. The third kappa shape index (κ3) is 4.14. The fraction of sp³-hybridized carbons (Fsp3) is 0.385. The lowest BCUT2D eigenvalue weighted by Crippen LogP contribution is -2.38. The van der Waals surface area contributed by atoms with Gasteiger partial charge in [-0.15, -0.1) is 0 Å². The number of morpholine rings is 1. The Morgan fingerprint density at radius 2 is 1.76 bits per heavy atom. The maximum Gasteiger partial charge on any atom is 0.290 e. The Balaban J connectivity index is 1.50. The zero-order chi connectivity index (χ0) is 22.8. The first-order valence-corrected chi connectivity index (χ1v) is 11.6. The average Bonchev–Trinajstić information content (AvgIpc) is 3.12. The molecule has 2 aliphatic heterocycles. The van der Waals surface area contributed by atoms with Crippen molar-refractivity contribution < 1.29 is 18.7 Å². The first-order chi connectivity index (χ1) is 16.2. The summed E-state index contributed by atoms with van der Waals surface area (Å²) in [5.74, 6) is 0.688. The van der Waals surface area contributed by atoms with Crippen LogP contribution >= 0.6 is 0 Å². The predicted octanol–water partition coefficient (Wildman–Crippen LogP) is 3.46. The Morgan fingerprint density at radius 3 is 2.52 bits per heavy atom. The molecule has 1 fully saturated rings. The molecule has 1 atom stereocenters. The number of ether oxygens (including phenoxy) is 2. The zero-order valence-electron chi connectivity index (χ0n) is 18.8. The van der Waals surface area contributed by atoms with Crippen LogP contribution in [0.25, 0.3) is 11.0 Å². The molecule has 7 heteroatoms. The third-order valence-corrected chi connectivity index (χ3v) is 6.36. The molecule has 0 unspecified atom stereocenters. The van der Waals surface area contributed by atoms with Crippen molar-refractivity contribution in [2.24, 2.45) is 0 Å². The molecule has 1 aromatic heterocycles. The summed E-state index contributed by atoms with van der Waals surface area (Å²) < 4.78 is 17.0. The molecule has 2 aliphatic rings. The summed E-state index contributed by atoms with van der Waals surface area (Å²) in [5.41, 5.74) is 1.60. The lowest BCUT2D eigenvalue weighted by Gasteiger charge is -2.29. The summed E-state index contributed by atoms with van der Waals surface area (Å²) in [6.45, 7) is 7.22. The van der Waals surface area contributed by atoms with Gasteiger partial charge in [-0.25, -0.2) is 0 Å². The fourth-order valence-electron chi connectivity index (χ4n) is 4.75. The van der Waals surface area contributed by atoms with E-state index < -0.39 is 6.04 Å². The van der Waals surface area contributed by atoms with Crippen molar-refractivity contribution in [2.45, 2.75) is 19.4 Å². The van der Waals surface area contributed by atoms with Crippen molar-refractivity contribution in [3.8, 4) is 5.75 Å². The minimum atomic E-state index is -0.478. The largest absolute Gasteiger partial charge is 0.494 e. The number of nitrogens with zero attached hydrogens (tertiary/aromatic N) is 2. The van der Waals surface area contributed by atoms with Gasteiger partial charge in [-0.1, -0.05) is 24.3 Å². The molecule has 0 spiro atoms. The second kappa shape index (κ2) is 9.37. The number of fused-ring (bicyclic) bond motifs is 2. The fourth-order valence-corrected chi connectivity index (χ4v) is 4.75. The summed E-state index contributed by atoms with van der Waals surface area (Å²) >= 11 is 0. The summed E-state index contributed by atoms with van der Waals surface area (Å²) in [6, 6.07) is 14.3. The van der Waals surface area contributed by atoms with Gasteiger partial charge in [0.1, 0.15) is 11.3 Å². The molecule has 0 bridgehead atoms. The molecule has 3 heterocycles. The van der Waals surface area contributed by atoms with Gasteiger partial charge in [-0.3, -0.25) is 14.5 Å². The zero-order valence-corrected chi connectivity index (χ0v) is 18.8. The number of benzene rings is 2. The van der Waals surface area contributed by atoms with E-state index in [1.54, 1.807) is 23.1 Å². The normalized spacial score (nSPS) is 18.6. The molecule has 33 heavy (non-hydrogen) atoms.